The first-order chi connectivity index (χ1) is 17.3. The van der Waals surface area contributed by atoms with Crippen molar-refractivity contribution in [2.75, 3.05) is 0 Å². The van der Waals surface area contributed by atoms with Crippen LogP contribution in [0.4, 0.5) is 0 Å². The molecule has 3 aromatic rings. The van der Waals surface area contributed by atoms with E-state index in [-0.39, 0.29) is 0 Å². The Balaban J connectivity index is 0.000000671. The van der Waals surface area contributed by atoms with Gasteiger partial charge in [-0.15, -0.1) is 0 Å². The maximum atomic E-state index is 5.77. The van der Waals surface area contributed by atoms with E-state index in [1.165, 1.54) is 32.1 Å². The number of furan rings is 1. The maximum absolute atomic E-state index is 5.77. The molecule has 1 nitrogen and oxygen atoms in total. The van der Waals surface area contributed by atoms with E-state index < -0.39 is 0 Å². The lowest BCUT2D eigenvalue weighted by Crippen LogP contribution is -2.02. The molecule has 184 valence electrons. The van der Waals surface area contributed by atoms with Crippen LogP contribution in [-0.4, -0.2) is 0 Å². The van der Waals surface area contributed by atoms with Gasteiger partial charge in [-0.2, -0.15) is 0 Å². The van der Waals surface area contributed by atoms with Crippen molar-refractivity contribution in [3.63, 3.8) is 0 Å². The maximum Gasteiger partial charge on any atom is 0.130 e. The summed E-state index contributed by atoms with van der Waals surface area (Å²) in [7, 11) is 0. The highest BCUT2D eigenvalue weighted by atomic mass is 32.2. The molecule has 1 unspecified atom stereocenters. The Morgan fingerprint density at radius 3 is 2.23 bits per heavy atom. The van der Waals surface area contributed by atoms with Crippen LogP contribution >= 0.6 is 11.8 Å². The molecule has 1 aliphatic carbocycles. The fourth-order valence-corrected chi connectivity index (χ4v) is 5.22. The number of hydrogen-bond acceptors (Lipinski definition) is 2. The molecular weight excluding hydrogens is 444 g/mol. The Bertz CT molecular complexity index is 1150. The summed E-state index contributed by atoms with van der Waals surface area (Å²) < 4.78 is 5.77. The van der Waals surface area contributed by atoms with Crippen LogP contribution in [-0.2, 0) is 0 Å². The molecule has 2 aliphatic rings. The van der Waals surface area contributed by atoms with E-state index >= 15 is 0 Å². The molecule has 0 N–H and O–H groups in total. The number of allylic oxidation sites excluding steroid dienone is 7. The molecular formula is C33H40OS. The third kappa shape index (κ3) is 7.26. The van der Waals surface area contributed by atoms with Crippen molar-refractivity contribution in [2.45, 2.75) is 70.1 Å². The van der Waals surface area contributed by atoms with Gasteiger partial charge in [0.1, 0.15) is 5.76 Å². The van der Waals surface area contributed by atoms with E-state index in [2.05, 4.69) is 79.4 Å². The lowest BCUT2D eigenvalue weighted by molar-refractivity contribution is 0.551. The first-order valence-electron chi connectivity index (χ1n) is 12.9. The molecule has 0 saturated carbocycles. The SMILES string of the molecule is C=C1/C=C(/c2ccco2)CC2=CC(C=CC2)c2ccccc2Sc2ccccc21.CC.CC.CC. The first-order valence-corrected chi connectivity index (χ1v) is 13.8. The van der Waals surface area contributed by atoms with Gasteiger partial charge in [0.05, 0.1) is 6.26 Å². The Morgan fingerprint density at radius 2 is 1.51 bits per heavy atom. The van der Waals surface area contributed by atoms with Gasteiger partial charge in [0.15, 0.2) is 0 Å². The van der Waals surface area contributed by atoms with Crippen molar-refractivity contribution >= 4 is 22.9 Å². The number of hydrogen-bond donors (Lipinski definition) is 0. The van der Waals surface area contributed by atoms with Gasteiger partial charge in [-0.05, 0) is 65.5 Å². The molecule has 0 amide bonds. The number of benzene rings is 2. The van der Waals surface area contributed by atoms with Gasteiger partial charge in [0, 0.05) is 15.7 Å². The van der Waals surface area contributed by atoms with Crippen molar-refractivity contribution in [2.24, 2.45) is 0 Å². The Kier molecular flexibility index (Phi) is 12.2. The van der Waals surface area contributed by atoms with Crippen LogP contribution in [0.3, 0.4) is 0 Å². The van der Waals surface area contributed by atoms with Crippen LogP contribution in [0.25, 0.3) is 11.1 Å². The van der Waals surface area contributed by atoms with Crippen molar-refractivity contribution in [1.29, 1.82) is 0 Å². The van der Waals surface area contributed by atoms with Crippen LogP contribution in [0.5, 0.6) is 0 Å². The Labute approximate surface area is 217 Å². The van der Waals surface area contributed by atoms with Gasteiger partial charge in [-0.25, -0.2) is 0 Å². The Morgan fingerprint density at radius 1 is 0.829 bits per heavy atom. The average molecular weight is 485 g/mol. The molecule has 1 aliphatic heterocycles. The summed E-state index contributed by atoms with van der Waals surface area (Å²) in [5.41, 5.74) is 6.14. The highest BCUT2D eigenvalue weighted by Crippen LogP contribution is 2.42. The van der Waals surface area contributed by atoms with Crippen molar-refractivity contribution in [3.8, 4) is 0 Å². The van der Waals surface area contributed by atoms with Crippen molar-refractivity contribution < 1.29 is 4.42 Å². The van der Waals surface area contributed by atoms with Crippen LogP contribution in [0.2, 0.25) is 0 Å². The van der Waals surface area contributed by atoms with E-state index in [0.717, 1.165) is 24.2 Å². The quantitative estimate of drug-likeness (QED) is 0.319. The fraction of sp³-hybridized carbons (Fsp3) is 0.273. The minimum atomic E-state index is 0.301. The molecule has 5 rings (SSSR count). The second kappa shape index (κ2) is 15.1. The van der Waals surface area contributed by atoms with E-state index in [1.54, 1.807) is 6.26 Å². The summed E-state index contributed by atoms with van der Waals surface area (Å²) in [5, 5.41) is 0. The second-order valence-electron chi connectivity index (χ2n) is 7.47. The van der Waals surface area contributed by atoms with E-state index in [4.69, 9.17) is 4.42 Å². The van der Waals surface area contributed by atoms with Gasteiger partial charge in [0.2, 0.25) is 0 Å². The van der Waals surface area contributed by atoms with Gasteiger partial charge < -0.3 is 4.42 Å². The molecule has 2 aromatic carbocycles. The van der Waals surface area contributed by atoms with Crippen LogP contribution < -0.4 is 0 Å². The minimum Gasteiger partial charge on any atom is -0.465 e. The molecule has 0 saturated heterocycles. The molecule has 0 radical (unpaired) electrons. The summed E-state index contributed by atoms with van der Waals surface area (Å²) in [6.07, 6.45) is 12.8. The summed E-state index contributed by atoms with van der Waals surface area (Å²) >= 11 is 1.83. The van der Waals surface area contributed by atoms with Crippen LogP contribution in [0.1, 0.15) is 77.2 Å². The first kappa shape index (κ1) is 28.3. The molecule has 2 heterocycles. The normalized spacial score (nSPS) is 17.4. The molecule has 0 fully saturated rings. The number of rotatable bonds is 1. The van der Waals surface area contributed by atoms with E-state index in [0.29, 0.717) is 5.92 Å². The smallest absolute Gasteiger partial charge is 0.130 e. The van der Waals surface area contributed by atoms with Gasteiger partial charge in [-0.3, -0.25) is 0 Å². The van der Waals surface area contributed by atoms with E-state index in [9.17, 15) is 0 Å². The van der Waals surface area contributed by atoms with Gasteiger partial charge in [0.25, 0.3) is 0 Å². The predicted molar refractivity (Wildman–Crippen MR) is 156 cm³/mol. The third-order valence-corrected chi connectivity index (χ3v) is 6.64. The molecule has 2 bridgehead atoms. The van der Waals surface area contributed by atoms with E-state index in [1.807, 2.05) is 65.4 Å². The second-order valence-corrected chi connectivity index (χ2v) is 8.55. The third-order valence-electron chi connectivity index (χ3n) is 5.47. The highest BCUT2D eigenvalue weighted by Gasteiger charge is 2.19. The zero-order valence-corrected chi connectivity index (χ0v) is 23.0. The number of fused-ring (bicyclic) bond motifs is 4. The highest BCUT2D eigenvalue weighted by molar-refractivity contribution is 7.99. The largest absolute Gasteiger partial charge is 0.465 e. The van der Waals surface area contributed by atoms with Gasteiger partial charge >= 0.3 is 0 Å². The molecule has 35 heavy (non-hydrogen) atoms. The minimum absolute atomic E-state index is 0.301. The zero-order chi connectivity index (χ0) is 25.6. The molecule has 1 atom stereocenters. The summed E-state index contributed by atoms with van der Waals surface area (Å²) in [4.78, 5) is 2.53. The molecule has 2 heteroatoms. The van der Waals surface area contributed by atoms with Crippen LogP contribution in [0, 0.1) is 0 Å². The average Bonchev–Trinajstić information content (AvgIpc) is 3.47. The van der Waals surface area contributed by atoms with Crippen LogP contribution in [0.15, 0.2) is 118 Å². The topological polar surface area (TPSA) is 13.1 Å². The fourth-order valence-electron chi connectivity index (χ4n) is 4.06. The summed E-state index contributed by atoms with van der Waals surface area (Å²) in [6.45, 7) is 16.4. The monoisotopic (exact) mass is 484 g/mol. The summed E-state index contributed by atoms with van der Waals surface area (Å²) in [5.74, 6) is 1.22. The predicted octanol–water partition coefficient (Wildman–Crippen LogP) is 11.0. The van der Waals surface area contributed by atoms with Crippen molar-refractivity contribution in [3.05, 3.63) is 120 Å². The van der Waals surface area contributed by atoms with Crippen molar-refractivity contribution in [1.82, 2.24) is 0 Å². The molecule has 1 aromatic heterocycles. The lowest BCUT2D eigenvalue weighted by atomic mass is 9.87. The Hall–Kier alpha value is -2.97. The zero-order valence-electron chi connectivity index (χ0n) is 22.2. The standard InChI is InChI=1S/C27H22OS.3C2H6/c1-19-16-22(25-12-7-15-28-25)18-20-8-6-9-21(17-20)24-11-3-5-14-27(24)29-26-13-4-2-10-23(19)26;3*1-2/h2-7,9-17,21H,1,8,18H2;3*1-2H3/b22-16+;;;. The summed E-state index contributed by atoms with van der Waals surface area (Å²) in [6, 6.07) is 21.3. The molecule has 0 spiro atoms. The lowest BCUT2D eigenvalue weighted by Gasteiger charge is -2.21. The van der Waals surface area contributed by atoms with Gasteiger partial charge in [-0.1, -0.05) is 120 Å².